The van der Waals surface area contributed by atoms with E-state index in [0.29, 0.717) is 6.04 Å². The fourth-order valence-electron chi connectivity index (χ4n) is 2.29. The average molecular weight is 268 g/mol. The Hall–Kier alpha value is -0.450. The average Bonchev–Trinajstić information content (AvgIpc) is 2.69. The van der Waals surface area contributed by atoms with E-state index in [1.165, 1.54) is 22.0 Å². The lowest BCUT2D eigenvalue weighted by atomic mass is 9.80. The molecule has 1 aromatic rings. The maximum absolute atomic E-state index is 5.73. The third-order valence-electron chi connectivity index (χ3n) is 3.73. The lowest BCUT2D eigenvalue weighted by Gasteiger charge is -2.38. The molecule has 0 saturated heterocycles. The summed E-state index contributed by atoms with van der Waals surface area (Å²) in [4.78, 5) is 6.20. The number of aromatic nitrogens is 1. The summed E-state index contributed by atoms with van der Waals surface area (Å²) in [5.41, 5.74) is 1.18. The minimum atomic E-state index is -0.0648. The third-order valence-corrected chi connectivity index (χ3v) is 5.01. The SMILES string of the molecule is CCc1nc(C2(OC)CCC2)sc1CNC(C)C. The van der Waals surface area contributed by atoms with Gasteiger partial charge >= 0.3 is 0 Å². The van der Waals surface area contributed by atoms with Crippen LogP contribution in [0.3, 0.4) is 0 Å². The van der Waals surface area contributed by atoms with Crippen molar-refractivity contribution in [3.8, 4) is 0 Å². The van der Waals surface area contributed by atoms with Crippen LogP contribution in [0.2, 0.25) is 0 Å². The second-order valence-electron chi connectivity index (χ2n) is 5.33. The van der Waals surface area contributed by atoms with E-state index in [2.05, 4.69) is 26.1 Å². The molecule has 102 valence electrons. The molecule has 3 nitrogen and oxygen atoms in total. The number of ether oxygens (including phenoxy) is 1. The van der Waals surface area contributed by atoms with Gasteiger partial charge in [-0.15, -0.1) is 11.3 Å². The van der Waals surface area contributed by atoms with Crippen LogP contribution in [0.5, 0.6) is 0 Å². The molecule has 1 N–H and O–H groups in total. The lowest BCUT2D eigenvalue weighted by molar-refractivity contribution is -0.0780. The molecule has 0 amide bonds. The summed E-state index contributed by atoms with van der Waals surface area (Å²) in [6, 6.07) is 0.514. The maximum atomic E-state index is 5.73. The van der Waals surface area contributed by atoms with E-state index in [-0.39, 0.29) is 5.60 Å². The maximum Gasteiger partial charge on any atom is 0.125 e. The van der Waals surface area contributed by atoms with Crippen LogP contribution in [0.15, 0.2) is 0 Å². The molecule has 0 bridgehead atoms. The number of rotatable bonds is 6. The number of hydrogen-bond acceptors (Lipinski definition) is 4. The Morgan fingerprint density at radius 2 is 2.17 bits per heavy atom. The quantitative estimate of drug-likeness (QED) is 0.860. The Kier molecular flexibility index (Phi) is 4.41. The highest BCUT2D eigenvalue weighted by molar-refractivity contribution is 7.11. The number of hydrogen-bond donors (Lipinski definition) is 1. The van der Waals surface area contributed by atoms with Crippen molar-refractivity contribution < 1.29 is 4.74 Å². The molecule has 0 spiro atoms. The van der Waals surface area contributed by atoms with Crippen molar-refractivity contribution in [3.05, 3.63) is 15.6 Å². The van der Waals surface area contributed by atoms with Crippen LogP contribution in [-0.2, 0) is 23.3 Å². The molecule has 2 rings (SSSR count). The van der Waals surface area contributed by atoms with E-state index >= 15 is 0 Å². The first kappa shape index (κ1) is 14.0. The molecule has 1 aliphatic rings. The standard InChI is InChI=1S/C14H24N2OS/c1-5-11-12(9-15-10(2)3)18-13(16-11)14(17-4)7-6-8-14/h10,15H,5-9H2,1-4H3. The summed E-state index contributed by atoms with van der Waals surface area (Å²) in [6.07, 6.45) is 4.51. The molecule has 1 aliphatic carbocycles. The Bertz CT molecular complexity index is 391. The summed E-state index contributed by atoms with van der Waals surface area (Å²) >= 11 is 1.83. The summed E-state index contributed by atoms with van der Waals surface area (Å²) in [6.45, 7) is 7.46. The molecule has 0 radical (unpaired) electrons. The normalized spacial score (nSPS) is 18.1. The lowest BCUT2D eigenvalue weighted by Crippen LogP contribution is -2.35. The van der Waals surface area contributed by atoms with Crippen LogP contribution >= 0.6 is 11.3 Å². The Labute approximate surface area is 114 Å². The van der Waals surface area contributed by atoms with E-state index in [4.69, 9.17) is 9.72 Å². The zero-order chi connectivity index (χ0) is 13.2. The van der Waals surface area contributed by atoms with Crippen molar-refractivity contribution in [2.75, 3.05) is 7.11 Å². The Morgan fingerprint density at radius 3 is 2.61 bits per heavy atom. The van der Waals surface area contributed by atoms with Gasteiger partial charge in [0.15, 0.2) is 0 Å². The van der Waals surface area contributed by atoms with Gasteiger partial charge in [0.1, 0.15) is 10.6 Å². The first-order valence-electron chi connectivity index (χ1n) is 6.89. The summed E-state index contributed by atoms with van der Waals surface area (Å²) in [7, 11) is 1.82. The Morgan fingerprint density at radius 1 is 1.44 bits per heavy atom. The van der Waals surface area contributed by atoms with Crippen LogP contribution in [0.4, 0.5) is 0 Å². The van der Waals surface area contributed by atoms with Crippen molar-refractivity contribution in [2.24, 2.45) is 0 Å². The predicted octanol–water partition coefficient (Wildman–Crippen LogP) is 3.23. The second-order valence-corrected chi connectivity index (χ2v) is 6.41. The van der Waals surface area contributed by atoms with Gasteiger partial charge < -0.3 is 10.1 Å². The van der Waals surface area contributed by atoms with Crippen LogP contribution in [0.25, 0.3) is 0 Å². The number of aryl methyl sites for hydroxylation is 1. The van der Waals surface area contributed by atoms with E-state index in [1.807, 2.05) is 18.4 Å². The molecule has 1 aromatic heterocycles. The number of thiazole rings is 1. The Balaban J connectivity index is 2.18. The smallest absolute Gasteiger partial charge is 0.125 e. The van der Waals surface area contributed by atoms with Crippen LogP contribution in [0.1, 0.15) is 55.6 Å². The largest absolute Gasteiger partial charge is 0.371 e. The highest BCUT2D eigenvalue weighted by atomic mass is 32.1. The highest BCUT2D eigenvalue weighted by Crippen LogP contribution is 2.46. The molecule has 0 aromatic carbocycles. The molecular weight excluding hydrogens is 244 g/mol. The summed E-state index contributed by atoms with van der Waals surface area (Å²) in [5.74, 6) is 0. The zero-order valence-electron chi connectivity index (χ0n) is 11.9. The van der Waals surface area contributed by atoms with E-state index in [0.717, 1.165) is 25.8 Å². The van der Waals surface area contributed by atoms with E-state index in [9.17, 15) is 0 Å². The molecule has 1 fully saturated rings. The minimum Gasteiger partial charge on any atom is -0.371 e. The van der Waals surface area contributed by atoms with Gasteiger partial charge in [-0.3, -0.25) is 0 Å². The fourth-order valence-corrected chi connectivity index (χ4v) is 3.62. The third kappa shape index (κ3) is 2.60. The fraction of sp³-hybridized carbons (Fsp3) is 0.786. The molecule has 18 heavy (non-hydrogen) atoms. The monoisotopic (exact) mass is 268 g/mol. The van der Waals surface area contributed by atoms with Gasteiger partial charge in [-0.1, -0.05) is 20.8 Å². The van der Waals surface area contributed by atoms with E-state index in [1.54, 1.807) is 0 Å². The minimum absolute atomic E-state index is 0.0648. The molecule has 1 heterocycles. The van der Waals surface area contributed by atoms with Crippen molar-refractivity contribution >= 4 is 11.3 Å². The molecule has 0 aliphatic heterocycles. The van der Waals surface area contributed by atoms with Crippen molar-refractivity contribution in [1.82, 2.24) is 10.3 Å². The molecule has 1 saturated carbocycles. The van der Waals surface area contributed by atoms with Gasteiger partial charge in [-0.2, -0.15) is 0 Å². The van der Waals surface area contributed by atoms with Gasteiger partial charge in [0, 0.05) is 24.6 Å². The number of nitrogens with one attached hydrogen (secondary N) is 1. The van der Waals surface area contributed by atoms with Crippen molar-refractivity contribution in [3.63, 3.8) is 0 Å². The molecule has 0 unspecified atom stereocenters. The number of methoxy groups -OCH3 is 1. The van der Waals surface area contributed by atoms with Crippen LogP contribution in [-0.4, -0.2) is 18.1 Å². The topological polar surface area (TPSA) is 34.1 Å². The predicted molar refractivity (Wildman–Crippen MR) is 76.0 cm³/mol. The molecule has 0 atom stereocenters. The van der Waals surface area contributed by atoms with Crippen molar-refractivity contribution in [1.29, 1.82) is 0 Å². The van der Waals surface area contributed by atoms with Crippen molar-refractivity contribution in [2.45, 2.75) is 64.6 Å². The zero-order valence-corrected chi connectivity index (χ0v) is 12.7. The van der Waals surface area contributed by atoms with Gasteiger partial charge in [0.2, 0.25) is 0 Å². The highest BCUT2D eigenvalue weighted by Gasteiger charge is 2.42. The van der Waals surface area contributed by atoms with Gasteiger partial charge in [0.05, 0.1) is 5.69 Å². The summed E-state index contributed by atoms with van der Waals surface area (Å²) in [5, 5.41) is 4.67. The van der Waals surface area contributed by atoms with Gasteiger partial charge in [-0.25, -0.2) is 4.98 Å². The second kappa shape index (κ2) is 5.68. The number of nitrogens with zero attached hydrogens (tertiary/aromatic N) is 1. The summed E-state index contributed by atoms with van der Waals surface area (Å²) < 4.78 is 5.73. The first-order chi connectivity index (χ1) is 8.61. The van der Waals surface area contributed by atoms with E-state index < -0.39 is 0 Å². The molecular formula is C14H24N2OS. The van der Waals surface area contributed by atoms with Crippen LogP contribution in [0, 0.1) is 0 Å². The van der Waals surface area contributed by atoms with Gasteiger partial charge in [-0.05, 0) is 25.7 Å². The van der Waals surface area contributed by atoms with Crippen LogP contribution < -0.4 is 5.32 Å². The first-order valence-corrected chi connectivity index (χ1v) is 7.70. The molecule has 4 heteroatoms. The van der Waals surface area contributed by atoms with Gasteiger partial charge in [0.25, 0.3) is 0 Å².